The molecule has 0 bridgehead atoms. The summed E-state index contributed by atoms with van der Waals surface area (Å²) in [6.07, 6.45) is 1.83. The van der Waals surface area contributed by atoms with E-state index in [1.807, 2.05) is 19.1 Å². The highest BCUT2D eigenvalue weighted by Crippen LogP contribution is 2.33. The fourth-order valence-electron chi connectivity index (χ4n) is 2.38. The van der Waals surface area contributed by atoms with Crippen LogP contribution in [0, 0.1) is 0 Å². The van der Waals surface area contributed by atoms with Crippen LogP contribution in [0.5, 0.6) is 5.75 Å². The van der Waals surface area contributed by atoms with Crippen LogP contribution in [0.3, 0.4) is 0 Å². The van der Waals surface area contributed by atoms with Gasteiger partial charge in [-0.05, 0) is 35.6 Å². The first-order valence-electron chi connectivity index (χ1n) is 6.47. The van der Waals surface area contributed by atoms with Gasteiger partial charge in [0, 0.05) is 23.4 Å². The Labute approximate surface area is 125 Å². The minimum atomic E-state index is 0.0248. The van der Waals surface area contributed by atoms with Crippen molar-refractivity contribution in [2.75, 3.05) is 6.61 Å². The van der Waals surface area contributed by atoms with E-state index >= 15 is 0 Å². The molecule has 1 aromatic carbocycles. The molecule has 0 spiro atoms. The predicted molar refractivity (Wildman–Crippen MR) is 78.0 cm³/mol. The number of Topliss-reactive ketones (excluding diaryl/α,β-unsaturated/α-hetero) is 1. The Morgan fingerprint density at radius 2 is 2.35 bits per heavy atom. The average Bonchev–Trinajstić information content (AvgIpc) is 3.06. The second-order valence-electron chi connectivity index (χ2n) is 4.65. The number of benzene rings is 1. The average molecular weight is 309 g/mol. The molecule has 3 rings (SSSR count). The van der Waals surface area contributed by atoms with Crippen molar-refractivity contribution in [3.05, 3.63) is 38.9 Å². The lowest BCUT2D eigenvalue weighted by atomic mass is 10.0. The molecule has 2 aromatic rings. The SMILES string of the molecule is CCc1nnsc1C(=O)Cc1cc(Cl)cc2c1OCC2. The maximum Gasteiger partial charge on any atom is 0.180 e. The van der Waals surface area contributed by atoms with E-state index in [1.165, 1.54) is 0 Å². The number of ether oxygens (including phenoxy) is 1. The summed E-state index contributed by atoms with van der Waals surface area (Å²) >= 11 is 7.26. The summed E-state index contributed by atoms with van der Waals surface area (Å²) in [7, 11) is 0. The molecule has 1 aliphatic heterocycles. The number of aryl methyl sites for hydroxylation is 1. The molecule has 0 saturated heterocycles. The van der Waals surface area contributed by atoms with Crippen LogP contribution in [0.1, 0.15) is 33.4 Å². The molecule has 4 nitrogen and oxygen atoms in total. The standard InChI is InChI=1S/C14H13ClN2O2S/c1-2-11-14(20-17-16-11)12(18)7-9-6-10(15)5-8-3-4-19-13(8)9/h5-6H,2-4,7H2,1H3. The first kappa shape index (κ1) is 13.5. The Hall–Kier alpha value is -1.46. The van der Waals surface area contributed by atoms with Crippen molar-refractivity contribution >= 4 is 28.9 Å². The molecule has 0 fully saturated rings. The van der Waals surface area contributed by atoms with E-state index in [0.717, 1.165) is 40.5 Å². The number of nitrogens with zero attached hydrogens (tertiary/aromatic N) is 2. The zero-order chi connectivity index (χ0) is 14.1. The summed E-state index contributed by atoms with van der Waals surface area (Å²) in [5, 5.41) is 4.63. The molecule has 1 aromatic heterocycles. The molecular weight excluding hydrogens is 296 g/mol. The monoisotopic (exact) mass is 308 g/mol. The van der Waals surface area contributed by atoms with Gasteiger partial charge in [0.2, 0.25) is 0 Å². The van der Waals surface area contributed by atoms with Crippen molar-refractivity contribution in [3.8, 4) is 5.75 Å². The van der Waals surface area contributed by atoms with Crippen LogP contribution < -0.4 is 4.74 Å². The van der Waals surface area contributed by atoms with Gasteiger partial charge in [-0.3, -0.25) is 4.79 Å². The van der Waals surface area contributed by atoms with Gasteiger partial charge in [0.25, 0.3) is 0 Å². The summed E-state index contributed by atoms with van der Waals surface area (Å²) in [4.78, 5) is 13.0. The molecule has 0 unspecified atom stereocenters. The molecule has 6 heteroatoms. The lowest BCUT2D eigenvalue weighted by Gasteiger charge is -2.08. The van der Waals surface area contributed by atoms with E-state index in [0.29, 0.717) is 22.9 Å². The quantitative estimate of drug-likeness (QED) is 0.814. The Kier molecular flexibility index (Phi) is 3.72. The minimum Gasteiger partial charge on any atom is -0.493 e. The first-order valence-corrected chi connectivity index (χ1v) is 7.62. The van der Waals surface area contributed by atoms with Crippen molar-refractivity contribution < 1.29 is 9.53 Å². The third-order valence-corrected chi connectivity index (χ3v) is 4.35. The van der Waals surface area contributed by atoms with Crippen molar-refractivity contribution in [2.45, 2.75) is 26.2 Å². The summed E-state index contributed by atoms with van der Waals surface area (Å²) < 4.78 is 9.48. The molecule has 0 radical (unpaired) electrons. The fraction of sp³-hybridized carbons (Fsp3) is 0.357. The topological polar surface area (TPSA) is 52.1 Å². The largest absolute Gasteiger partial charge is 0.493 e. The van der Waals surface area contributed by atoms with Gasteiger partial charge in [0.1, 0.15) is 10.6 Å². The molecule has 0 N–H and O–H groups in total. The van der Waals surface area contributed by atoms with E-state index in [4.69, 9.17) is 16.3 Å². The molecule has 20 heavy (non-hydrogen) atoms. The molecule has 0 atom stereocenters. The summed E-state index contributed by atoms with van der Waals surface area (Å²) in [6.45, 7) is 2.62. The number of hydrogen-bond donors (Lipinski definition) is 0. The zero-order valence-electron chi connectivity index (χ0n) is 11.0. The number of ketones is 1. The van der Waals surface area contributed by atoms with Crippen LogP contribution in [0.25, 0.3) is 0 Å². The van der Waals surface area contributed by atoms with Gasteiger partial charge in [-0.1, -0.05) is 23.0 Å². The number of halogens is 1. The number of rotatable bonds is 4. The predicted octanol–water partition coefficient (Wildman–Crippen LogP) is 3.11. The Morgan fingerprint density at radius 3 is 3.15 bits per heavy atom. The Bertz CT molecular complexity index is 669. The second kappa shape index (κ2) is 5.50. The van der Waals surface area contributed by atoms with Gasteiger partial charge in [0.15, 0.2) is 5.78 Å². The highest BCUT2D eigenvalue weighted by Gasteiger charge is 2.22. The lowest BCUT2D eigenvalue weighted by Crippen LogP contribution is -2.06. The van der Waals surface area contributed by atoms with Crippen LogP contribution in [0.2, 0.25) is 5.02 Å². The molecule has 0 saturated carbocycles. The van der Waals surface area contributed by atoms with E-state index in [2.05, 4.69) is 9.59 Å². The second-order valence-corrected chi connectivity index (χ2v) is 5.84. The molecular formula is C14H13ClN2O2S. The molecule has 2 heterocycles. The van der Waals surface area contributed by atoms with E-state index in [1.54, 1.807) is 0 Å². The Balaban J connectivity index is 1.90. The number of fused-ring (bicyclic) bond motifs is 1. The van der Waals surface area contributed by atoms with Crippen LogP contribution in [0.4, 0.5) is 0 Å². The van der Waals surface area contributed by atoms with Crippen LogP contribution in [-0.4, -0.2) is 22.0 Å². The maximum absolute atomic E-state index is 12.4. The minimum absolute atomic E-state index is 0.0248. The van der Waals surface area contributed by atoms with Crippen molar-refractivity contribution in [2.24, 2.45) is 0 Å². The number of carbonyl (C=O) groups excluding carboxylic acids is 1. The van der Waals surface area contributed by atoms with Gasteiger partial charge in [-0.25, -0.2) is 0 Å². The van der Waals surface area contributed by atoms with Gasteiger partial charge in [0.05, 0.1) is 12.3 Å². The number of hydrogen-bond acceptors (Lipinski definition) is 5. The smallest absolute Gasteiger partial charge is 0.180 e. The van der Waals surface area contributed by atoms with Gasteiger partial charge in [-0.15, -0.1) is 5.10 Å². The summed E-state index contributed by atoms with van der Waals surface area (Å²) in [6, 6.07) is 3.72. The third-order valence-electron chi connectivity index (χ3n) is 3.32. The third kappa shape index (κ3) is 2.43. The maximum atomic E-state index is 12.4. The molecule has 0 amide bonds. The highest BCUT2D eigenvalue weighted by atomic mass is 35.5. The normalized spacial score (nSPS) is 13.1. The Morgan fingerprint density at radius 1 is 1.50 bits per heavy atom. The van der Waals surface area contributed by atoms with Crippen molar-refractivity contribution in [3.63, 3.8) is 0 Å². The molecule has 1 aliphatic rings. The highest BCUT2D eigenvalue weighted by molar-refractivity contribution is 7.08. The van der Waals surface area contributed by atoms with Gasteiger partial charge >= 0.3 is 0 Å². The lowest BCUT2D eigenvalue weighted by molar-refractivity contribution is 0.0995. The first-order chi connectivity index (χ1) is 9.69. The van der Waals surface area contributed by atoms with Gasteiger partial charge < -0.3 is 4.74 Å². The van der Waals surface area contributed by atoms with E-state index < -0.39 is 0 Å². The van der Waals surface area contributed by atoms with Gasteiger partial charge in [-0.2, -0.15) is 0 Å². The molecule has 104 valence electrons. The summed E-state index contributed by atoms with van der Waals surface area (Å²) in [5.74, 6) is 0.843. The number of aromatic nitrogens is 2. The fourth-order valence-corrected chi connectivity index (χ4v) is 3.33. The zero-order valence-corrected chi connectivity index (χ0v) is 12.6. The van der Waals surface area contributed by atoms with Crippen LogP contribution in [-0.2, 0) is 19.3 Å². The number of carbonyl (C=O) groups is 1. The van der Waals surface area contributed by atoms with Crippen molar-refractivity contribution in [1.82, 2.24) is 9.59 Å². The molecule has 0 aliphatic carbocycles. The summed E-state index contributed by atoms with van der Waals surface area (Å²) in [5.41, 5.74) is 2.70. The van der Waals surface area contributed by atoms with Crippen LogP contribution >= 0.6 is 23.1 Å². The van der Waals surface area contributed by atoms with E-state index in [-0.39, 0.29) is 12.2 Å². The van der Waals surface area contributed by atoms with E-state index in [9.17, 15) is 4.79 Å². The van der Waals surface area contributed by atoms with Crippen LogP contribution in [0.15, 0.2) is 12.1 Å². The van der Waals surface area contributed by atoms with Crippen molar-refractivity contribution in [1.29, 1.82) is 0 Å².